The predicted octanol–water partition coefficient (Wildman–Crippen LogP) is 16.0. The molecule has 4 atom stereocenters. The molecule has 0 saturated heterocycles. The number of hydrogen-bond acceptors (Lipinski definition) is 18. The highest BCUT2D eigenvalue weighted by Crippen LogP contribution is 2.36. The summed E-state index contributed by atoms with van der Waals surface area (Å²) in [5.74, 6) is 0. The van der Waals surface area contributed by atoms with Crippen molar-refractivity contribution in [2.24, 2.45) is 0 Å². The lowest BCUT2D eigenvalue weighted by atomic mass is 10.0. The number of aliphatic hydroxyl groups is 2. The number of rotatable bonds is 49. The van der Waals surface area contributed by atoms with E-state index in [-0.39, 0.29) is 26.4 Å². The third kappa shape index (κ3) is 45.4. The molecule has 88 heavy (non-hydrogen) atoms. The van der Waals surface area contributed by atoms with Crippen LogP contribution in [0.25, 0.3) is 0 Å². The first kappa shape index (κ1) is 90.8. The monoisotopic (exact) mass is 1530 g/mol. The maximum Gasteiger partial charge on any atom is 0.469 e. The Bertz CT molecular complexity index is 1660. The zero-order valence-electron chi connectivity index (χ0n) is 63.6. The fourth-order valence-electron chi connectivity index (χ4n) is 9.85. The Balaban J connectivity index is 8.34. The Morgan fingerprint density at radius 3 is 0.443 bits per heavy atom. The Morgan fingerprint density at radius 1 is 0.205 bits per heavy atom. The van der Waals surface area contributed by atoms with Crippen molar-refractivity contribution in [1.82, 2.24) is 0 Å². The molecule has 530 valence electrons. The second-order valence-corrected chi connectivity index (χ2v) is 104. The summed E-state index contributed by atoms with van der Waals surface area (Å²) in [7, 11) is -39.2. The van der Waals surface area contributed by atoms with E-state index in [4.69, 9.17) is 68.3 Å². The second kappa shape index (κ2) is 35.7. The summed E-state index contributed by atoms with van der Waals surface area (Å²) in [6, 6.07) is 2.17. The lowest BCUT2D eigenvalue weighted by Gasteiger charge is -2.43. The van der Waals surface area contributed by atoms with Gasteiger partial charge in [-0.15, -0.1) is 0 Å². The molecule has 0 heterocycles. The van der Waals surface area contributed by atoms with Crippen molar-refractivity contribution >= 4 is 135 Å². The van der Waals surface area contributed by atoms with Crippen LogP contribution in [0.2, 0.25) is 260 Å². The van der Waals surface area contributed by atoms with E-state index in [0.29, 0.717) is 49.9 Å². The molecular weight excluding hydrogens is 1390 g/mol. The second-order valence-electron chi connectivity index (χ2n) is 35.6. The Kier molecular flexibility index (Phi) is 36.8. The van der Waals surface area contributed by atoms with Crippen molar-refractivity contribution in [1.29, 1.82) is 0 Å². The highest BCUT2D eigenvalue weighted by atomic mass is 28.5. The van der Waals surface area contributed by atoms with Crippen molar-refractivity contribution in [2.75, 3.05) is 39.6 Å². The molecule has 0 saturated carbocycles. The smallest absolute Gasteiger partial charge is 0.417 e. The van der Waals surface area contributed by atoms with Gasteiger partial charge in [0.1, 0.15) is 24.4 Å². The van der Waals surface area contributed by atoms with Crippen molar-refractivity contribution < 1.29 is 78.5 Å². The van der Waals surface area contributed by atoms with Gasteiger partial charge in [0, 0.05) is 50.6 Å². The van der Waals surface area contributed by atoms with E-state index < -0.39 is 173 Å². The maximum atomic E-state index is 11.8. The Labute approximate surface area is 559 Å². The van der Waals surface area contributed by atoms with Gasteiger partial charge in [-0.25, -0.2) is 0 Å². The average molecular weight is 1530 g/mol. The van der Waals surface area contributed by atoms with Crippen molar-refractivity contribution in [3.63, 3.8) is 0 Å². The normalized spacial score (nSPS) is 16.6. The van der Waals surface area contributed by atoms with Crippen molar-refractivity contribution in [3.05, 3.63) is 0 Å². The number of aliphatic hydroxyl groups excluding tert-OH is 2. The van der Waals surface area contributed by atoms with Crippen LogP contribution in [0.5, 0.6) is 0 Å². The highest BCUT2D eigenvalue weighted by molar-refractivity contribution is 6.93. The first-order valence-electron chi connectivity index (χ1n) is 32.9. The predicted molar refractivity (Wildman–Crippen MR) is 407 cm³/mol. The van der Waals surface area contributed by atoms with E-state index in [1.807, 2.05) is 0 Å². The molecule has 2 N–H and O–H groups in total. The van der Waals surface area contributed by atoms with Crippen LogP contribution in [0, 0.1) is 0 Å². The molecule has 0 radical (unpaired) electrons. The lowest BCUT2D eigenvalue weighted by molar-refractivity contribution is -0.191. The summed E-state index contributed by atoms with van der Waals surface area (Å²) < 4.78 is 113. The van der Waals surface area contributed by atoms with Crippen molar-refractivity contribution in [2.45, 2.75) is 310 Å². The zero-order chi connectivity index (χ0) is 69.5. The lowest BCUT2D eigenvalue weighted by Crippen LogP contribution is -2.60. The van der Waals surface area contributed by atoms with Crippen molar-refractivity contribution in [3.8, 4) is 0 Å². The fourth-order valence-corrected chi connectivity index (χ4v) is 68.3. The van der Waals surface area contributed by atoms with Crippen LogP contribution >= 0.6 is 0 Å². The molecule has 4 unspecified atom stereocenters. The Hall–Kier alpha value is 2.75. The van der Waals surface area contributed by atoms with E-state index in [1.54, 1.807) is 0 Å². The van der Waals surface area contributed by atoms with Gasteiger partial charge in [0.2, 0.25) is 0 Å². The van der Waals surface area contributed by atoms with Crippen LogP contribution in [-0.4, -0.2) is 209 Å². The van der Waals surface area contributed by atoms with Gasteiger partial charge in [-0.1, -0.05) is 0 Å². The molecule has 0 spiro atoms. The molecule has 0 amide bonds. The Morgan fingerprint density at radius 2 is 0.330 bits per heavy atom. The maximum absolute atomic E-state index is 11.8. The molecule has 0 rings (SSSR count). The summed E-state index contributed by atoms with van der Waals surface area (Å²) in [6.07, 6.45) is -1.55. The van der Waals surface area contributed by atoms with E-state index in [0.717, 1.165) is 0 Å². The molecule has 18 nitrogen and oxygen atoms in total. The van der Waals surface area contributed by atoms with Gasteiger partial charge >= 0.3 is 35.2 Å². The molecule has 0 aromatic heterocycles. The molecule has 0 fully saturated rings. The van der Waals surface area contributed by atoms with Crippen LogP contribution in [0.4, 0.5) is 0 Å². The third-order valence-electron chi connectivity index (χ3n) is 10.8. The van der Waals surface area contributed by atoms with Crippen LogP contribution in [-0.2, 0) is 68.3 Å². The molecule has 0 aliphatic carbocycles. The molecule has 0 aromatic rings. The van der Waals surface area contributed by atoms with Crippen LogP contribution in [0.3, 0.4) is 0 Å². The van der Waals surface area contributed by atoms with E-state index in [2.05, 4.69) is 236 Å². The van der Waals surface area contributed by atoms with Gasteiger partial charge in [-0.05, 0) is 261 Å². The highest BCUT2D eigenvalue weighted by Gasteiger charge is 2.54. The average Bonchev–Trinajstić information content (AvgIpc) is 3.17. The van der Waals surface area contributed by atoms with Crippen LogP contribution < -0.4 is 0 Å². The van der Waals surface area contributed by atoms with Gasteiger partial charge in [-0.3, -0.25) is 0 Å². The van der Waals surface area contributed by atoms with Crippen LogP contribution in [0.15, 0.2) is 0 Å². The first-order valence-corrected chi connectivity index (χ1v) is 81.5. The van der Waals surface area contributed by atoms with E-state index >= 15 is 0 Å². The first-order chi connectivity index (χ1) is 38.8. The molecular formula is C54H142O18Si16. The minimum Gasteiger partial charge on any atom is -0.417 e. The molecule has 0 aliphatic rings. The molecule has 34 heteroatoms. The number of ether oxygens (including phenoxy) is 4. The third-order valence-corrected chi connectivity index (χ3v) is 58.9. The van der Waals surface area contributed by atoms with Gasteiger partial charge in [0.05, 0.1) is 13.2 Å². The molecule has 0 bridgehead atoms. The van der Waals surface area contributed by atoms with Crippen LogP contribution in [0.1, 0.15) is 25.7 Å². The summed E-state index contributed by atoms with van der Waals surface area (Å²) in [6.45, 7) is 79.0. The summed E-state index contributed by atoms with van der Waals surface area (Å²) in [5, 5.41) is 23.5. The summed E-state index contributed by atoms with van der Waals surface area (Å²) >= 11 is 0. The molecule has 0 aliphatic heterocycles. The topological polar surface area (TPSA) is 188 Å². The minimum absolute atomic E-state index is 0.225. The SMILES string of the molecule is C[Si](C)(C)O[Si](CCCOC(CO)C(OCCC[Si](O[Si](C)(C)C)(O[Si](C)(C)C)O[Si](C)(C)C)C(OCCC[Si](O[Si](C)(C)C)(O[Si](C)(C)C)O[Si](C)(C)C)C(CO)OCCC[Si](O[Si](C)(C)C)(O[Si](C)(C)C)O[Si](C)(C)C)(O[Si](C)(C)C)O[Si](C)(C)C. The van der Waals surface area contributed by atoms with Gasteiger partial charge in [0.25, 0.3) is 0 Å². The fraction of sp³-hybridized carbons (Fsp3) is 1.00. The molecule has 0 aromatic carbocycles. The number of hydrogen-bond donors (Lipinski definition) is 2. The van der Waals surface area contributed by atoms with Gasteiger partial charge < -0.3 is 78.5 Å². The zero-order valence-corrected chi connectivity index (χ0v) is 79.6. The van der Waals surface area contributed by atoms with E-state index in [1.165, 1.54) is 0 Å². The largest absolute Gasteiger partial charge is 0.469 e. The van der Waals surface area contributed by atoms with Gasteiger partial charge in [0.15, 0.2) is 99.8 Å². The minimum atomic E-state index is -3.28. The quantitative estimate of drug-likeness (QED) is 0.0432. The van der Waals surface area contributed by atoms with E-state index in [9.17, 15) is 10.2 Å². The summed E-state index contributed by atoms with van der Waals surface area (Å²) in [5.41, 5.74) is 0. The van der Waals surface area contributed by atoms with Gasteiger partial charge in [-0.2, -0.15) is 0 Å². The standard InChI is InChI=1S/C54H142O18Si16/c1-73(2,3)61-85(62-74(4,5)6,63-75(7,8)9)45-37-41-57-51(49-55)53(59-43-39-47-87(67-79(19,20)21,68-80(22,23)24)69-81(25,26)27)54(60-44-40-48-88(70-82(28,29)30,71-83(31,32)33)72-84(34,35)36)52(50-56)58-42-38-46-86(64-76(10,11)12,65-77(13,14)15)66-78(16,17)18/h51-56H,37-50H2,1-36H3. The summed E-state index contributed by atoms with van der Waals surface area (Å²) in [4.78, 5) is 0.